The lowest BCUT2D eigenvalue weighted by Crippen LogP contribution is -2.54. The predicted molar refractivity (Wildman–Crippen MR) is 148 cm³/mol. The van der Waals surface area contributed by atoms with Gasteiger partial charge in [-0.25, -0.2) is 14.8 Å². The van der Waals surface area contributed by atoms with Crippen molar-refractivity contribution in [2.45, 2.75) is 31.0 Å². The summed E-state index contributed by atoms with van der Waals surface area (Å²) in [5.74, 6) is 0.401. The quantitative estimate of drug-likeness (QED) is 0.0907. The monoisotopic (exact) mass is 546 g/mol. The van der Waals surface area contributed by atoms with Gasteiger partial charge in [-0.05, 0) is 46.5 Å². The zero-order chi connectivity index (χ0) is 28.2. The largest absolute Gasteiger partial charge is 0.494 e. The molecule has 208 valence electrons. The molecule has 3 N–H and O–H groups in total. The number of aliphatic hydroxyl groups is 1. The van der Waals surface area contributed by atoms with Crippen LogP contribution in [0.5, 0.6) is 5.75 Å². The number of nitrogens with one attached hydrogen (secondary N) is 2. The van der Waals surface area contributed by atoms with Crippen molar-refractivity contribution < 1.29 is 23.8 Å². The summed E-state index contributed by atoms with van der Waals surface area (Å²) in [5, 5.41) is 12.7. The topological polar surface area (TPSA) is 141 Å². The molecule has 0 spiro atoms. The molecule has 11 heteroatoms. The van der Waals surface area contributed by atoms with Crippen LogP contribution in [0.25, 0.3) is 10.4 Å². The summed E-state index contributed by atoms with van der Waals surface area (Å²) in [6.45, 7) is -0.202. The van der Waals surface area contributed by atoms with Crippen LogP contribution in [-0.2, 0) is 22.5 Å². The van der Waals surface area contributed by atoms with Crippen LogP contribution in [0.4, 0.5) is 4.39 Å². The minimum absolute atomic E-state index is 0.0416. The number of hydrazine groups is 1. The van der Waals surface area contributed by atoms with E-state index in [1.807, 2.05) is 54.6 Å². The van der Waals surface area contributed by atoms with Gasteiger partial charge in [-0.3, -0.25) is 10.2 Å². The maximum Gasteiger partial charge on any atom is 0.266 e. The van der Waals surface area contributed by atoms with Crippen molar-refractivity contribution >= 4 is 11.8 Å². The van der Waals surface area contributed by atoms with Gasteiger partial charge in [-0.1, -0.05) is 59.7 Å². The molecule has 0 aliphatic carbocycles. The first-order chi connectivity index (χ1) is 19.6. The number of alkyl halides is 1. The van der Waals surface area contributed by atoms with E-state index in [1.165, 1.54) is 0 Å². The van der Waals surface area contributed by atoms with Gasteiger partial charge >= 0.3 is 0 Å². The average molecular weight is 547 g/mol. The number of amides is 1. The highest BCUT2D eigenvalue weighted by molar-refractivity contribution is 6.01. The van der Waals surface area contributed by atoms with Crippen LogP contribution in [0, 0.1) is 0 Å². The van der Waals surface area contributed by atoms with E-state index in [1.54, 1.807) is 24.3 Å². The Morgan fingerprint density at radius 2 is 1.82 bits per heavy atom. The van der Waals surface area contributed by atoms with Crippen LogP contribution in [0.3, 0.4) is 0 Å². The number of nitrogens with zero attached hydrogens (tertiary/aromatic N) is 4. The van der Waals surface area contributed by atoms with E-state index in [0.717, 1.165) is 16.7 Å². The normalized spacial score (nSPS) is 17.9. The summed E-state index contributed by atoms with van der Waals surface area (Å²) in [6.07, 6.45) is -0.173. The fourth-order valence-electron chi connectivity index (χ4n) is 4.49. The van der Waals surface area contributed by atoms with Gasteiger partial charge in [-0.15, -0.1) is 0 Å². The lowest BCUT2D eigenvalue weighted by atomic mass is 9.81. The molecule has 1 aliphatic rings. The zero-order valence-electron chi connectivity index (χ0n) is 21.9. The van der Waals surface area contributed by atoms with E-state index < -0.39 is 24.2 Å². The highest BCUT2D eigenvalue weighted by atomic mass is 19.1. The number of aliphatic hydroxyl groups excluding tert-OH is 1. The zero-order valence-corrected chi connectivity index (χ0v) is 21.9. The van der Waals surface area contributed by atoms with Crippen LogP contribution in [0.1, 0.15) is 34.8 Å². The van der Waals surface area contributed by atoms with Crippen molar-refractivity contribution in [1.82, 2.24) is 10.9 Å². The number of carbonyl (C=O) groups is 1. The number of hydrogen-bond donors (Lipinski definition) is 3. The summed E-state index contributed by atoms with van der Waals surface area (Å²) in [4.78, 5) is 21.7. The van der Waals surface area contributed by atoms with Crippen LogP contribution in [0.2, 0.25) is 0 Å². The molecule has 1 amide bonds. The molecule has 0 saturated heterocycles. The number of carbonyl (C=O) groups excluding carboxylic acids is 1. The van der Waals surface area contributed by atoms with Crippen molar-refractivity contribution in [3.05, 3.63) is 112 Å². The molecular weight excluding hydrogens is 515 g/mol. The number of hydrogen-bond acceptors (Lipinski definition) is 7. The molecule has 1 heterocycles. The van der Waals surface area contributed by atoms with Crippen LogP contribution in [0.15, 0.2) is 89.0 Å². The first kappa shape index (κ1) is 28.6. The Hall–Kier alpha value is -4.44. The highest BCUT2D eigenvalue weighted by Gasteiger charge is 2.53. The number of halogens is 1. The second kappa shape index (κ2) is 14.1. The van der Waals surface area contributed by atoms with Crippen molar-refractivity contribution in [3.63, 3.8) is 0 Å². The molecule has 0 fully saturated rings. The molecule has 10 nitrogen and oxygen atoms in total. The van der Waals surface area contributed by atoms with E-state index >= 15 is 0 Å². The summed E-state index contributed by atoms with van der Waals surface area (Å²) in [7, 11) is 0. The molecule has 3 aromatic rings. The van der Waals surface area contributed by atoms with Crippen molar-refractivity contribution in [2.24, 2.45) is 10.1 Å². The second-order valence-corrected chi connectivity index (χ2v) is 9.10. The van der Waals surface area contributed by atoms with Crippen molar-refractivity contribution in [1.29, 1.82) is 0 Å². The molecule has 0 unspecified atom stereocenters. The number of azide groups is 1. The molecule has 1 aliphatic heterocycles. The van der Waals surface area contributed by atoms with Crippen molar-refractivity contribution in [2.75, 3.05) is 26.4 Å². The predicted octanol–water partition coefficient (Wildman–Crippen LogP) is 4.35. The first-order valence-corrected chi connectivity index (χ1v) is 12.9. The smallest absolute Gasteiger partial charge is 0.266 e. The second-order valence-electron chi connectivity index (χ2n) is 9.10. The number of ether oxygens (including phenoxy) is 2. The van der Waals surface area contributed by atoms with E-state index in [-0.39, 0.29) is 32.0 Å². The molecule has 40 heavy (non-hydrogen) atoms. The first-order valence-electron chi connectivity index (χ1n) is 12.9. The molecule has 0 bridgehead atoms. The van der Waals surface area contributed by atoms with Gasteiger partial charge in [-0.2, -0.15) is 0 Å². The molecule has 0 aromatic heterocycles. The summed E-state index contributed by atoms with van der Waals surface area (Å²) in [5.41, 5.74) is 15.5. The minimum atomic E-state index is -1.48. The summed E-state index contributed by atoms with van der Waals surface area (Å²) < 4.78 is 24.9. The van der Waals surface area contributed by atoms with E-state index in [9.17, 15) is 9.18 Å². The third kappa shape index (κ3) is 6.76. The number of rotatable bonds is 14. The number of aliphatic imine (C=N–C) groups is 1. The van der Waals surface area contributed by atoms with Crippen molar-refractivity contribution in [3.8, 4) is 5.75 Å². The van der Waals surface area contributed by atoms with E-state index in [4.69, 9.17) is 25.1 Å². The Labute approximate surface area is 231 Å². The van der Waals surface area contributed by atoms with E-state index in [2.05, 4.69) is 20.9 Å². The average Bonchev–Trinajstić information content (AvgIpc) is 3.38. The van der Waals surface area contributed by atoms with Crippen LogP contribution in [-0.4, -0.2) is 48.9 Å². The van der Waals surface area contributed by atoms with E-state index in [0.29, 0.717) is 24.3 Å². The Kier molecular flexibility index (Phi) is 10.1. The van der Waals surface area contributed by atoms with Gasteiger partial charge in [0, 0.05) is 36.5 Å². The van der Waals surface area contributed by atoms with Gasteiger partial charge in [0.2, 0.25) is 5.90 Å². The standard InChI is InChI=1S/C29H31FN6O4/c30-15-16-32-35-28(38)29(19-23-9-4-5-10-24(23)20-33-36-31)26(21-7-2-1-3-8-21)40-27(34-29)22-11-13-25(14-12-22)39-18-6-17-37/h1-5,7-14,26,32,37H,6,15-20H2,(H,35,38)/t26-,29-/m0/s1. The molecule has 3 aromatic carbocycles. The number of benzene rings is 3. The Morgan fingerprint density at radius 1 is 1.10 bits per heavy atom. The Balaban J connectivity index is 1.78. The van der Waals surface area contributed by atoms with Gasteiger partial charge in [0.15, 0.2) is 11.6 Å². The third-order valence-electron chi connectivity index (χ3n) is 6.44. The SMILES string of the molecule is [N-]=[N+]=NCc1ccccc1C[C@]1(C(=O)NNCCF)N=C(c2ccc(OCCCO)cc2)O[C@H]1c1ccccc1. The fraction of sp³-hybridized carbons (Fsp3) is 0.310. The van der Waals surface area contributed by atoms with Crippen LogP contribution < -0.4 is 15.6 Å². The molecule has 2 atom stereocenters. The lowest BCUT2D eigenvalue weighted by molar-refractivity contribution is -0.130. The van der Waals surface area contributed by atoms with Gasteiger partial charge in [0.25, 0.3) is 5.91 Å². The molecule has 0 saturated carbocycles. The summed E-state index contributed by atoms with van der Waals surface area (Å²) >= 11 is 0. The minimum Gasteiger partial charge on any atom is -0.494 e. The van der Waals surface area contributed by atoms with Gasteiger partial charge in [0.1, 0.15) is 12.4 Å². The maximum absolute atomic E-state index is 13.9. The van der Waals surface area contributed by atoms with Gasteiger partial charge in [0.05, 0.1) is 13.2 Å². The lowest BCUT2D eigenvalue weighted by Gasteiger charge is -2.31. The highest BCUT2D eigenvalue weighted by Crippen LogP contribution is 2.43. The van der Waals surface area contributed by atoms with Gasteiger partial charge < -0.3 is 14.6 Å². The molecule has 4 rings (SSSR count). The summed E-state index contributed by atoms with van der Waals surface area (Å²) in [6, 6.07) is 23.8. The fourth-order valence-corrected chi connectivity index (χ4v) is 4.49. The Bertz CT molecular complexity index is 1350. The molecular formula is C29H31FN6O4. The molecule has 0 radical (unpaired) electrons. The third-order valence-corrected chi connectivity index (χ3v) is 6.44. The van der Waals surface area contributed by atoms with Crippen LogP contribution >= 0.6 is 0 Å². The Morgan fingerprint density at radius 3 is 2.52 bits per heavy atom. The maximum atomic E-state index is 13.9.